The highest BCUT2D eigenvalue weighted by Gasteiger charge is 2.01. The molecule has 90 valence electrons. The largest absolute Gasteiger partial charge is 0.350 e. The number of unbranched alkanes of at least 4 members (excludes halogenated alkanes) is 3. The van der Waals surface area contributed by atoms with Crippen LogP contribution in [-0.2, 0) is 11.3 Å². The molecule has 1 amide bonds. The molecule has 0 fully saturated rings. The topological polar surface area (TPSA) is 68.0 Å². The Hall–Kier alpha value is -0.940. The Kier molecular flexibility index (Phi) is 6.76. The van der Waals surface area contributed by atoms with Crippen LogP contribution in [0.1, 0.15) is 37.1 Å². The number of aromatic nitrogens is 1. The maximum atomic E-state index is 11.4. The molecule has 0 radical (unpaired) electrons. The van der Waals surface area contributed by atoms with Crippen molar-refractivity contribution in [3.8, 4) is 0 Å². The van der Waals surface area contributed by atoms with E-state index >= 15 is 0 Å². The van der Waals surface area contributed by atoms with Crippen molar-refractivity contribution in [1.29, 1.82) is 0 Å². The van der Waals surface area contributed by atoms with Crippen LogP contribution in [0.15, 0.2) is 11.6 Å². The van der Waals surface area contributed by atoms with E-state index in [-0.39, 0.29) is 5.91 Å². The first kappa shape index (κ1) is 13.1. The molecule has 0 saturated heterocycles. The van der Waals surface area contributed by atoms with Gasteiger partial charge in [0.15, 0.2) is 0 Å². The van der Waals surface area contributed by atoms with Gasteiger partial charge in [0.1, 0.15) is 5.01 Å². The Balaban J connectivity index is 1.99. The summed E-state index contributed by atoms with van der Waals surface area (Å²) in [6.45, 7) is 1.30. The lowest BCUT2D eigenvalue weighted by Crippen LogP contribution is -2.22. The van der Waals surface area contributed by atoms with Gasteiger partial charge in [-0.15, -0.1) is 11.3 Å². The van der Waals surface area contributed by atoms with Gasteiger partial charge in [0.2, 0.25) is 5.91 Å². The average Bonchev–Trinajstić information content (AvgIpc) is 2.79. The van der Waals surface area contributed by atoms with Crippen molar-refractivity contribution >= 4 is 17.2 Å². The van der Waals surface area contributed by atoms with E-state index in [1.165, 1.54) is 0 Å². The number of hydrogen-bond donors (Lipinski definition) is 2. The summed E-state index contributed by atoms with van der Waals surface area (Å²) in [5, 5.41) is 5.73. The van der Waals surface area contributed by atoms with Crippen molar-refractivity contribution < 1.29 is 4.79 Å². The summed E-state index contributed by atoms with van der Waals surface area (Å²) in [4.78, 5) is 15.5. The fourth-order valence-corrected chi connectivity index (χ4v) is 1.94. The Morgan fingerprint density at radius 2 is 2.19 bits per heavy atom. The molecule has 16 heavy (non-hydrogen) atoms. The third-order valence-corrected chi connectivity index (χ3v) is 3.06. The number of rotatable bonds is 8. The van der Waals surface area contributed by atoms with Gasteiger partial charge in [-0.3, -0.25) is 4.79 Å². The molecule has 1 heterocycles. The van der Waals surface area contributed by atoms with Crippen molar-refractivity contribution in [2.24, 2.45) is 5.73 Å². The minimum absolute atomic E-state index is 0.114. The van der Waals surface area contributed by atoms with Crippen molar-refractivity contribution in [3.05, 3.63) is 16.6 Å². The van der Waals surface area contributed by atoms with Gasteiger partial charge in [0, 0.05) is 18.0 Å². The molecule has 1 aromatic heterocycles. The quantitative estimate of drug-likeness (QED) is 0.680. The van der Waals surface area contributed by atoms with Crippen LogP contribution in [-0.4, -0.2) is 17.4 Å². The van der Waals surface area contributed by atoms with Crippen LogP contribution in [0.3, 0.4) is 0 Å². The predicted molar refractivity (Wildman–Crippen MR) is 66.1 cm³/mol. The summed E-state index contributed by atoms with van der Waals surface area (Å²) in [6.07, 6.45) is 6.57. The van der Waals surface area contributed by atoms with Gasteiger partial charge in [0.05, 0.1) is 6.54 Å². The number of nitrogens with zero attached hydrogens (tertiary/aromatic N) is 1. The lowest BCUT2D eigenvalue weighted by Gasteiger charge is -2.02. The zero-order chi connectivity index (χ0) is 11.6. The van der Waals surface area contributed by atoms with Gasteiger partial charge in [0.25, 0.3) is 0 Å². The first-order valence-electron chi connectivity index (χ1n) is 5.68. The van der Waals surface area contributed by atoms with E-state index < -0.39 is 0 Å². The highest BCUT2D eigenvalue weighted by molar-refractivity contribution is 7.09. The van der Waals surface area contributed by atoms with E-state index in [1.807, 2.05) is 5.38 Å². The predicted octanol–water partition coefficient (Wildman–Crippen LogP) is 1.67. The van der Waals surface area contributed by atoms with Gasteiger partial charge >= 0.3 is 0 Å². The minimum Gasteiger partial charge on any atom is -0.350 e. The highest BCUT2D eigenvalue weighted by atomic mass is 32.1. The van der Waals surface area contributed by atoms with E-state index in [9.17, 15) is 4.79 Å². The molecule has 1 rings (SSSR count). The highest BCUT2D eigenvalue weighted by Crippen LogP contribution is 2.04. The average molecular weight is 241 g/mol. The number of amides is 1. The molecule has 0 atom stereocenters. The third kappa shape index (κ3) is 5.82. The molecule has 0 aliphatic carbocycles. The Bertz CT molecular complexity index is 287. The van der Waals surface area contributed by atoms with Gasteiger partial charge in [-0.2, -0.15) is 0 Å². The summed E-state index contributed by atoms with van der Waals surface area (Å²) in [5.41, 5.74) is 5.39. The van der Waals surface area contributed by atoms with E-state index in [0.29, 0.717) is 13.0 Å². The second-order valence-electron chi connectivity index (χ2n) is 3.66. The van der Waals surface area contributed by atoms with Crippen LogP contribution in [0.4, 0.5) is 0 Å². The van der Waals surface area contributed by atoms with Crippen LogP contribution in [0, 0.1) is 0 Å². The van der Waals surface area contributed by atoms with Crippen LogP contribution >= 0.6 is 11.3 Å². The summed E-state index contributed by atoms with van der Waals surface area (Å²) in [5.74, 6) is 0.114. The Labute approximate surface area is 100 Å². The maximum absolute atomic E-state index is 11.4. The fourth-order valence-electron chi connectivity index (χ4n) is 1.39. The summed E-state index contributed by atoms with van der Waals surface area (Å²) in [6, 6.07) is 0. The van der Waals surface area contributed by atoms with E-state index in [1.54, 1.807) is 17.5 Å². The molecule has 0 spiro atoms. The van der Waals surface area contributed by atoms with E-state index in [2.05, 4.69) is 10.3 Å². The molecule has 3 N–H and O–H groups in total. The smallest absolute Gasteiger partial charge is 0.220 e. The molecule has 5 heteroatoms. The van der Waals surface area contributed by atoms with Gasteiger partial charge in [-0.05, 0) is 19.4 Å². The van der Waals surface area contributed by atoms with Crippen LogP contribution in [0.5, 0.6) is 0 Å². The molecule has 0 aliphatic heterocycles. The van der Waals surface area contributed by atoms with Crippen LogP contribution in [0.2, 0.25) is 0 Å². The number of nitrogens with two attached hydrogens (primary N) is 1. The lowest BCUT2D eigenvalue weighted by molar-refractivity contribution is -0.121. The Morgan fingerprint density at radius 3 is 2.88 bits per heavy atom. The monoisotopic (exact) mass is 241 g/mol. The lowest BCUT2D eigenvalue weighted by atomic mass is 10.1. The fraction of sp³-hybridized carbons (Fsp3) is 0.636. The molecular weight excluding hydrogens is 222 g/mol. The van der Waals surface area contributed by atoms with E-state index in [4.69, 9.17) is 5.73 Å². The normalized spacial score (nSPS) is 10.3. The number of thiazole rings is 1. The molecular formula is C11H19N3OS. The van der Waals surface area contributed by atoms with Gasteiger partial charge in [-0.1, -0.05) is 12.8 Å². The number of hydrogen-bond acceptors (Lipinski definition) is 4. The number of carbonyl (C=O) groups is 1. The maximum Gasteiger partial charge on any atom is 0.220 e. The molecule has 1 aromatic rings. The van der Waals surface area contributed by atoms with Crippen LogP contribution in [0.25, 0.3) is 0 Å². The first-order valence-corrected chi connectivity index (χ1v) is 6.56. The number of carbonyl (C=O) groups excluding carboxylic acids is 1. The zero-order valence-electron chi connectivity index (χ0n) is 9.45. The van der Waals surface area contributed by atoms with Crippen LogP contribution < -0.4 is 11.1 Å². The second kappa shape index (κ2) is 8.24. The summed E-state index contributed by atoms with van der Waals surface area (Å²) < 4.78 is 0. The summed E-state index contributed by atoms with van der Waals surface area (Å²) in [7, 11) is 0. The summed E-state index contributed by atoms with van der Waals surface area (Å²) >= 11 is 1.56. The number of nitrogens with one attached hydrogen (secondary N) is 1. The molecule has 0 aromatic carbocycles. The molecule has 0 aliphatic rings. The van der Waals surface area contributed by atoms with Crippen molar-refractivity contribution in [2.45, 2.75) is 38.6 Å². The van der Waals surface area contributed by atoms with Crippen molar-refractivity contribution in [2.75, 3.05) is 6.54 Å². The molecule has 0 saturated carbocycles. The third-order valence-electron chi connectivity index (χ3n) is 2.28. The zero-order valence-corrected chi connectivity index (χ0v) is 10.3. The molecule has 0 unspecified atom stereocenters. The minimum atomic E-state index is 0.114. The molecule has 4 nitrogen and oxygen atoms in total. The van der Waals surface area contributed by atoms with E-state index in [0.717, 1.165) is 37.2 Å². The van der Waals surface area contributed by atoms with Crippen molar-refractivity contribution in [3.63, 3.8) is 0 Å². The van der Waals surface area contributed by atoms with Gasteiger partial charge in [-0.25, -0.2) is 4.98 Å². The van der Waals surface area contributed by atoms with Gasteiger partial charge < -0.3 is 11.1 Å². The second-order valence-corrected chi connectivity index (χ2v) is 4.63. The Morgan fingerprint density at radius 1 is 1.38 bits per heavy atom. The standard InChI is InChI=1S/C11H19N3OS/c12-6-4-2-1-3-5-10(15)14-9-11-13-7-8-16-11/h7-8H,1-6,9,12H2,(H,14,15). The van der Waals surface area contributed by atoms with Crippen molar-refractivity contribution in [1.82, 2.24) is 10.3 Å². The first-order chi connectivity index (χ1) is 7.83. The molecule has 0 bridgehead atoms. The SMILES string of the molecule is NCCCCCCC(=O)NCc1nccs1.